The average molecular weight is 328 g/mol. The molecular weight excluding hydrogens is 309 g/mol. The van der Waals surface area contributed by atoms with Crippen LogP contribution in [0.1, 0.15) is 18.4 Å². The number of hydrogen-bond donors (Lipinski definition) is 1. The van der Waals surface area contributed by atoms with Crippen molar-refractivity contribution in [2.45, 2.75) is 25.1 Å². The quantitative estimate of drug-likeness (QED) is 0.926. The van der Waals surface area contributed by atoms with Crippen LogP contribution >= 0.6 is 0 Å². The second kappa shape index (κ2) is 6.03. The molecule has 2 N–H and O–H groups in total. The number of nitrogens with zero attached hydrogens (tertiary/aromatic N) is 1. The van der Waals surface area contributed by atoms with E-state index in [1.54, 1.807) is 4.90 Å². The van der Waals surface area contributed by atoms with Crippen LogP contribution < -0.4 is 10.5 Å². The lowest BCUT2D eigenvalue weighted by Gasteiger charge is -2.19. The molecule has 3 rings (SSSR count). The number of nitrogens with two attached hydrogens (primary N) is 1. The summed E-state index contributed by atoms with van der Waals surface area (Å²) in [6.45, 7) is 1.19. The number of carbonyl (C=O) groups excluding carboxylic acids is 1. The molecule has 1 heterocycles. The van der Waals surface area contributed by atoms with Crippen molar-refractivity contribution in [3.05, 3.63) is 29.8 Å². The van der Waals surface area contributed by atoms with E-state index in [1.165, 1.54) is 12.1 Å². The molecule has 0 radical (unpaired) electrons. The van der Waals surface area contributed by atoms with E-state index in [0.29, 0.717) is 24.9 Å². The number of amides is 1. The summed E-state index contributed by atoms with van der Waals surface area (Å²) in [7, 11) is 0. The number of alkyl halides is 3. The van der Waals surface area contributed by atoms with Gasteiger partial charge in [0.05, 0.1) is 5.56 Å². The Kier molecular flexibility index (Phi) is 4.23. The molecule has 1 aromatic rings. The predicted octanol–water partition coefficient (Wildman–Crippen LogP) is 2.28. The Hall–Kier alpha value is -1.76. The van der Waals surface area contributed by atoms with Gasteiger partial charge in [-0.25, -0.2) is 0 Å². The van der Waals surface area contributed by atoms with E-state index in [0.717, 1.165) is 25.0 Å². The van der Waals surface area contributed by atoms with Crippen molar-refractivity contribution in [3.8, 4) is 5.75 Å². The van der Waals surface area contributed by atoms with Gasteiger partial charge in [0.25, 0.3) is 5.91 Å². The van der Waals surface area contributed by atoms with E-state index in [4.69, 9.17) is 10.5 Å². The number of halogens is 3. The Morgan fingerprint density at radius 1 is 1.22 bits per heavy atom. The summed E-state index contributed by atoms with van der Waals surface area (Å²) in [5.41, 5.74) is 5.30. The van der Waals surface area contributed by atoms with Crippen molar-refractivity contribution in [1.29, 1.82) is 0 Å². The molecule has 4 nitrogen and oxygen atoms in total. The SMILES string of the molecule is NC1CCC2CN(C(=O)COc3ccc(C(F)(F)F)cc3)CC12. The zero-order valence-electron chi connectivity index (χ0n) is 12.6. The van der Waals surface area contributed by atoms with E-state index >= 15 is 0 Å². The Morgan fingerprint density at radius 3 is 2.52 bits per heavy atom. The van der Waals surface area contributed by atoms with Crippen LogP contribution in [0.5, 0.6) is 5.75 Å². The molecule has 1 aliphatic heterocycles. The molecule has 126 valence electrons. The summed E-state index contributed by atoms with van der Waals surface area (Å²) < 4.78 is 42.7. The standard InChI is InChI=1S/C16H19F3N2O2/c17-16(18,19)11-2-4-12(5-3-11)23-9-15(22)21-7-10-1-6-14(20)13(10)8-21/h2-5,10,13-14H,1,6-9,20H2. The second-order valence-electron chi connectivity index (χ2n) is 6.27. The number of ether oxygens (including phenoxy) is 1. The maximum atomic E-state index is 12.5. The fourth-order valence-electron chi connectivity index (χ4n) is 3.49. The van der Waals surface area contributed by atoms with Gasteiger partial charge in [0, 0.05) is 19.1 Å². The number of hydrogen-bond acceptors (Lipinski definition) is 3. The van der Waals surface area contributed by atoms with Gasteiger partial charge < -0.3 is 15.4 Å². The Morgan fingerprint density at radius 2 is 1.91 bits per heavy atom. The lowest BCUT2D eigenvalue weighted by atomic mass is 9.98. The molecule has 0 spiro atoms. The van der Waals surface area contributed by atoms with Crippen LogP contribution in [-0.4, -0.2) is 36.5 Å². The van der Waals surface area contributed by atoms with Gasteiger partial charge >= 0.3 is 6.18 Å². The van der Waals surface area contributed by atoms with Crippen LogP contribution in [0.4, 0.5) is 13.2 Å². The summed E-state index contributed by atoms with van der Waals surface area (Å²) in [4.78, 5) is 13.9. The molecule has 1 saturated carbocycles. The third-order valence-electron chi connectivity index (χ3n) is 4.81. The highest BCUT2D eigenvalue weighted by atomic mass is 19.4. The summed E-state index contributed by atoms with van der Waals surface area (Å²) in [6, 6.07) is 4.50. The first kappa shape index (κ1) is 16.1. The molecule has 1 aliphatic carbocycles. The summed E-state index contributed by atoms with van der Waals surface area (Å²) in [5, 5.41) is 0. The maximum absolute atomic E-state index is 12.5. The molecule has 0 bridgehead atoms. The topological polar surface area (TPSA) is 55.6 Å². The number of carbonyl (C=O) groups is 1. The third kappa shape index (κ3) is 3.44. The minimum Gasteiger partial charge on any atom is -0.484 e. The molecule has 2 fully saturated rings. The predicted molar refractivity (Wildman–Crippen MR) is 77.7 cm³/mol. The zero-order chi connectivity index (χ0) is 16.6. The van der Waals surface area contributed by atoms with Crippen LogP contribution in [0.15, 0.2) is 24.3 Å². The lowest BCUT2D eigenvalue weighted by Crippen LogP contribution is -2.36. The normalized spacial score (nSPS) is 27.1. The average Bonchev–Trinajstić information content (AvgIpc) is 3.07. The summed E-state index contributed by atoms with van der Waals surface area (Å²) in [6.07, 6.45) is -2.31. The molecule has 2 aliphatic rings. The van der Waals surface area contributed by atoms with E-state index in [2.05, 4.69) is 0 Å². The number of likely N-dealkylation sites (tertiary alicyclic amines) is 1. The molecule has 3 unspecified atom stereocenters. The first-order valence-electron chi connectivity index (χ1n) is 7.68. The van der Waals surface area contributed by atoms with Crippen LogP contribution in [0, 0.1) is 11.8 Å². The second-order valence-corrected chi connectivity index (χ2v) is 6.27. The number of benzene rings is 1. The highest BCUT2D eigenvalue weighted by Gasteiger charge is 2.42. The van der Waals surface area contributed by atoms with Gasteiger partial charge in [-0.1, -0.05) is 0 Å². The molecule has 23 heavy (non-hydrogen) atoms. The maximum Gasteiger partial charge on any atom is 0.416 e. The molecule has 7 heteroatoms. The van der Waals surface area contributed by atoms with E-state index < -0.39 is 11.7 Å². The smallest absolute Gasteiger partial charge is 0.416 e. The largest absolute Gasteiger partial charge is 0.484 e. The van der Waals surface area contributed by atoms with Gasteiger partial charge in [0.2, 0.25) is 0 Å². The van der Waals surface area contributed by atoms with Crippen LogP contribution in [0.2, 0.25) is 0 Å². The first-order valence-corrected chi connectivity index (χ1v) is 7.68. The molecule has 0 aromatic heterocycles. The fraction of sp³-hybridized carbons (Fsp3) is 0.562. The third-order valence-corrected chi connectivity index (χ3v) is 4.81. The van der Waals surface area contributed by atoms with E-state index in [9.17, 15) is 18.0 Å². The molecule has 1 saturated heterocycles. The van der Waals surface area contributed by atoms with Gasteiger partial charge in [-0.05, 0) is 48.9 Å². The lowest BCUT2D eigenvalue weighted by molar-refractivity contribution is -0.137. The van der Waals surface area contributed by atoms with Crippen LogP contribution in [0.25, 0.3) is 0 Å². The van der Waals surface area contributed by atoms with Crippen LogP contribution in [-0.2, 0) is 11.0 Å². The minimum atomic E-state index is -4.37. The van der Waals surface area contributed by atoms with Gasteiger partial charge in [-0.15, -0.1) is 0 Å². The van der Waals surface area contributed by atoms with Crippen molar-refractivity contribution >= 4 is 5.91 Å². The molecule has 3 atom stereocenters. The van der Waals surface area contributed by atoms with Crippen molar-refractivity contribution < 1.29 is 22.7 Å². The Labute approximate surface area is 132 Å². The molecule has 1 aromatic carbocycles. The number of rotatable bonds is 3. The zero-order valence-corrected chi connectivity index (χ0v) is 12.6. The van der Waals surface area contributed by atoms with Crippen LogP contribution in [0.3, 0.4) is 0 Å². The van der Waals surface area contributed by atoms with Gasteiger partial charge in [-0.3, -0.25) is 4.79 Å². The minimum absolute atomic E-state index is 0.147. The van der Waals surface area contributed by atoms with Gasteiger partial charge in [-0.2, -0.15) is 13.2 Å². The highest BCUT2D eigenvalue weighted by Crippen LogP contribution is 2.37. The Balaban J connectivity index is 1.52. The molecular formula is C16H19F3N2O2. The van der Waals surface area contributed by atoms with Crippen molar-refractivity contribution in [2.75, 3.05) is 19.7 Å². The van der Waals surface area contributed by atoms with E-state index in [1.807, 2.05) is 0 Å². The van der Waals surface area contributed by atoms with Gasteiger partial charge in [0.15, 0.2) is 6.61 Å². The fourth-order valence-corrected chi connectivity index (χ4v) is 3.49. The monoisotopic (exact) mass is 328 g/mol. The summed E-state index contributed by atoms with van der Waals surface area (Å²) >= 11 is 0. The van der Waals surface area contributed by atoms with Crippen molar-refractivity contribution in [3.63, 3.8) is 0 Å². The highest BCUT2D eigenvalue weighted by molar-refractivity contribution is 5.78. The Bertz CT molecular complexity index is 574. The van der Waals surface area contributed by atoms with E-state index in [-0.39, 0.29) is 24.3 Å². The molecule has 1 amide bonds. The number of fused-ring (bicyclic) bond motifs is 1. The van der Waals surface area contributed by atoms with Crippen molar-refractivity contribution in [2.24, 2.45) is 17.6 Å². The van der Waals surface area contributed by atoms with Gasteiger partial charge in [0.1, 0.15) is 5.75 Å². The summed E-state index contributed by atoms with van der Waals surface area (Å²) in [5.74, 6) is 0.943. The first-order chi connectivity index (χ1) is 10.8. The van der Waals surface area contributed by atoms with Crippen molar-refractivity contribution in [1.82, 2.24) is 4.90 Å².